The molecule has 2 aromatic rings. The lowest BCUT2D eigenvalue weighted by atomic mass is 10.2. The summed E-state index contributed by atoms with van der Waals surface area (Å²) >= 11 is 6.63. The highest BCUT2D eigenvalue weighted by molar-refractivity contribution is 9.10. The van der Waals surface area contributed by atoms with E-state index in [0.717, 1.165) is 8.95 Å². The van der Waals surface area contributed by atoms with Crippen LogP contribution in [0.4, 0.5) is 4.39 Å². The summed E-state index contributed by atoms with van der Waals surface area (Å²) in [5, 5.41) is 2.68. The molecule has 0 heterocycles. The third-order valence-electron chi connectivity index (χ3n) is 2.67. The van der Waals surface area contributed by atoms with Gasteiger partial charge >= 0.3 is 0 Å². The third-order valence-corrected chi connectivity index (χ3v) is 3.97. The van der Waals surface area contributed by atoms with Crippen LogP contribution >= 0.6 is 31.9 Å². The van der Waals surface area contributed by atoms with Crippen LogP contribution in [0.25, 0.3) is 0 Å². The summed E-state index contributed by atoms with van der Waals surface area (Å²) in [4.78, 5) is 11.7. The van der Waals surface area contributed by atoms with Gasteiger partial charge in [0.05, 0.1) is 0 Å². The lowest BCUT2D eigenvalue weighted by Gasteiger charge is -2.09. The second kappa shape index (κ2) is 7.56. The minimum atomic E-state index is -0.339. The van der Waals surface area contributed by atoms with Crippen LogP contribution in [0.15, 0.2) is 51.4 Å². The minimum Gasteiger partial charge on any atom is -0.484 e. The summed E-state index contributed by atoms with van der Waals surface area (Å²) in [6, 6.07) is 11.5. The molecule has 0 unspecified atom stereocenters. The van der Waals surface area contributed by atoms with Gasteiger partial charge in [-0.25, -0.2) is 4.39 Å². The number of halogens is 3. The van der Waals surface area contributed by atoms with E-state index in [1.807, 2.05) is 12.1 Å². The Morgan fingerprint density at radius 3 is 2.57 bits per heavy atom. The van der Waals surface area contributed by atoms with E-state index in [1.165, 1.54) is 12.1 Å². The number of nitrogens with one attached hydrogen (secondary N) is 1. The first kappa shape index (κ1) is 16.0. The fraction of sp³-hybridized carbons (Fsp3) is 0.133. The van der Waals surface area contributed by atoms with Crippen molar-refractivity contribution in [3.63, 3.8) is 0 Å². The van der Waals surface area contributed by atoms with Gasteiger partial charge in [0.1, 0.15) is 11.6 Å². The summed E-state index contributed by atoms with van der Waals surface area (Å²) in [7, 11) is 0. The molecular formula is C15H12Br2FNO2. The van der Waals surface area contributed by atoms with Crippen molar-refractivity contribution in [2.24, 2.45) is 0 Å². The summed E-state index contributed by atoms with van der Waals surface area (Å²) in [6.07, 6.45) is 0. The predicted octanol–water partition coefficient (Wildman–Crippen LogP) is 4.05. The summed E-state index contributed by atoms with van der Waals surface area (Å²) in [5.74, 6) is 0.00271. The van der Waals surface area contributed by atoms with Crippen LogP contribution in [0.1, 0.15) is 5.56 Å². The molecular weight excluding hydrogens is 405 g/mol. The van der Waals surface area contributed by atoms with Crippen molar-refractivity contribution < 1.29 is 13.9 Å². The molecule has 3 nitrogen and oxygen atoms in total. The molecule has 2 aromatic carbocycles. The molecule has 0 spiro atoms. The molecule has 0 radical (unpaired) electrons. The van der Waals surface area contributed by atoms with Gasteiger partial charge in [0.15, 0.2) is 6.61 Å². The zero-order chi connectivity index (χ0) is 15.2. The zero-order valence-corrected chi connectivity index (χ0v) is 14.1. The topological polar surface area (TPSA) is 38.3 Å². The largest absolute Gasteiger partial charge is 0.484 e. The first-order valence-corrected chi connectivity index (χ1v) is 7.72. The van der Waals surface area contributed by atoms with Gasteiger partial charge in [0.25, 0.3) is 5.91 Å². The molecule has 0 aliphatic rings. The van der Waals surface area contributed by atoms with Crippen LogP contribution in [-0.2, 0) is 11.3 Å². The summed E-state index contributed by atoms with van der Waals surface area (Å²) in [6.45, 7) is 0.148. The molecule has 0 atom stereocenters. The Morgan fingerprint density at radius 1 is 1.14 bits per heavy atom. The summed E-state index contributed by atoms with van der Waals surface area (Å²) in [5.41, 5.74) is 0.673. The average molecular weight is 417 g/mol. The normalized spacial score (nSPS) is 10.2. The third kappa shape index (κ3) is 5.13. The molecule has 110 valence electrons. The van der Waals surface area contributed by atoms with E-state index in [0.29, 0.717) is 11.3 Å². The monoisotopic (exact) mass is 415 g/mol. The maximum absolute atomic E-state index is 13.1. The molecule has 0 aromatic heterocycles. The molecule has 1 amide bonds. The Bertz CT molecular complexity index is 632. The van der Waals surface area contributed by atoms with Crippen LogP contribution in [0, 0.1) is 5.82 Å². The standard InChI is InChI=1S/C15H12Br2FNO2/c16-11-1-4-13(5-2-11)21-9-15(20)19-8-10-7-12(18)3-6-14(10)17/h1-7H,8-9H2,(H,19,20). The molecule has 0 saturated heterocycles. The Hall–Kier alpha value is -1.40. The quantitative estimate of drug-likeness (QED) is 0.798. The van der Waals surface area contributed by atoms with Gasteiger partial charge in [0.2, 0.25) is 0 Å². The number of hydrogen-bond donors (Lipinski definition) is 1. The number of hydrogen-bond acceptors (Lipinski definition) is 2. The molecule has 0 aliphatic heterocycles. The van der Waals surface area contributed by atoms with E-state index in [-0.39, 0.29) is 24.9 Å². The van der Waals surface area contributed by atoms with E-state index in [2.05, 4.69) is 37.2 Å². The number of benzene rings is 2. The predicted molar refractivity (Wildman–Crippen MR) is 85.6 cm³/mol. The number of carbonyl (C=O) groups excluding carboxylic acids is 1. The van der Waals surface area contributed by atoms with Crippen molar-refractivity contribution in [2.75, 3.05) is 6.61 Å². The van der Waals surface area contributed by atoms with Gasteiger partial charge in [-0.15, -0.1) is 0 Å². The van der Waals surface area contributed by atoms with Gasteiger partial charge in [0, 0.05) is 15.5 Å². The van der Waals surface area contributed by atoms with E-state index in [4.69, 9.17) is 4.74 Å². The highest BCUT2D eigenvalue weighted by atomic mass is 79.9. The van der Waals surface area contributed by atoms with Crippen molar-refractivity contribution in [1.29, 1.82) is 0 Å². The van der Waals surface area contributed by atoms with Crippen molar-refractivity contribution >= 4 is 37.8 Å². The van der Waals surface area contributed by atoms with Crippen LogP contribution in [0.2, 0.25) is 0 Å². The van der Waals surface area contributed by atoms with Gasteiger partial charge in [-0.3, -0.25) is 4.79 Å². The Balaban J connectivity index is 1.82. The molecule has 0 saturated carbocycles. The van der Waals surface area contributed by atoms with Crippen LogP contribution in [0.3, 0.4) is 0 Å². The molecule has 0 fully saturated rings. The van der Waals surface area contributed by atoms with Crippen LogP contribution in [-0.4, -0.2) is 12.5 Å². The van der Waals surface area contributed by atoms with E-state index in [9.17, 15) is 9.18 Å². The fourth-order valence-electron chi connectivity index (χ4n) is 1.60. The van der Waals surface area contributed by atoms with Crippen LogP contribution in [0.5, 0.6) is 5.75 Å². The SMILES string of the molecule is O=C(COc1ccc(Br)cc1)NCc1cc(F)ccc1Br. The van der Waals surface area contributed by atoms with Crippen molar-refractivity contribution in [2.45, 2.75) is 6.54 Å². The lowest BCUT2D eigenvalue weighted by Crippen LogP contribution is -2.28. The molecule has 0 aliphatic carbocycles. The highest BCUT2D eigenvalue weighted by Gasteiger charge is 2.06. The van der Waals surface area contributed by atoms with Gasteiger partial charge < -0.3 is 10.1 Å². The molecule has 0 bridgehead atoms. The highest BCUT2D eigenvalue weighted by Crippen LogP contribution is 2.18. The van der Waals surface area contributed by atoms with Gasteiger partial charge in [-0.2, -0.15) is 0 Å². The fourth-order valence-corrected chi connectivity index (χ4v) is 2.25. The van der Waals surface area contributed by atoms with Crippen molar-refractivity contribution in [3.05, 3.63) is 62.8 Å². The number of carbonyl (C=O) groups is 1. The van der Waals surface area contributed by atoms with Gasteiger partial charge in [-0.05, 0) is 48.0 Å². The van der Waals surface area contributed by atoms with Crippen molar-refractivity contribution in [3.8, 4) is 5.75 Å². The Labute approximate surface area is 138 Å². The van der Waals surface area contributed by atoms with Crippen LogP contribution < -0.4 is 10.1 Å². The van der Waals surface area contributed by atoms with Crippen molar-refractivity contribution in [1.82, 2.24) is 5.32 Å². The van der Waals surface area contributed by atoms with E-state index in [1.54, 1.807) is 18.2 Å². The second-order valence-electron chi connectivity index (χ2n) is 4.26. The lowest BCUT2D eigenvalue weighted by molar-refractivity contribution is -0.123. The first-order chi connectivity index (χ1) is 10.0. The number of amides is 1. The first-order valence-electron chi connectivity index (χ1n) is 6.13. The Kier molecular flexibility index (Phi) is 5.76. The molecule has 6 heteroatoms. The molecule has 2 rings (SSSR count). The second-order valence-corrected chi connectivity index (χ2v) is 6.03. The average Bonchev–Trinajstić information content (AvgIpc) is 2.47. The molecule has 1 N–H and O–H groups in total. The maximum atomic E-state index is 13.1. The molecule has 21 heavy (non-hydrogen) atoms. The Morgan fingerprint density at radius 2 is 1.86 bits per heavy atom. The number of rotatable bonds is 5. The maximum Gasteiger partial charge on any atom is 0.258 e. The number of ether oxygens (including phenoxy) is 1. The smallest absolute Gasteiger partial charge is 0.258 e. The zero-order valence-electron chi connectivity index (χ0n) is 10.9. The van der Waals surface area contributed by atoms with Gasteiger partial charge in [-0.1, -0.05) is 31.9 Å². The summed E-state index contributed by atoms with van der Waals surface area (Å²) < 4.78 is 20.1. The van der Waals surface area contributed by atoms with E-state index < -0.39 is 0 Å². The minimum absolute atomic E-state index is 0.0887. The van der Waals surface area contributed by atoms with E-state index >= 15 is 0 Å².